The Morgan fingerprint density at radius 1 is 1.53 bits per heavy atom. The lowest BCUT2D eigenvalue weighted by Gasteiger charge is -2.03. The molecular formula is C9H16N4O2. The van der Waals surface area contributed by atoms with Crippen LogP contribution in [0.25, 0.3) is 0 Å². The van der Waals surface area contributed by atoms with Gasteiger partial charge < -0.3 is 10.8 Å². The number of unbranched alkanes of at least 4 members (excludes halogenated alkanes) is 1. The van der Waals surface area contributed by atoms with E-state index in [0.717, 1.165) is 18.5 Å². The van der Waals surface area contributed by atoms with Crippen molar-refractivity contribution >= 4 is 5.91 Å². The molecule has 0 fully saturated rings. The van der Waals surface area contributed by atoms with Gasteiger partial charge in [0.2, 0.25) is 0 Å². The number of hydrogen-bond donors (Lipinski definition) is 2. The number of primary amides is 1. The summed E-state index contributed by atoms with van der Waals surface area (Å²) in [5.41, 5.74) is 6.18. The summed E-state index contributed by atoms with van der Waals surface area (Å²) < 4.78 is 1.68. The van der Waals surface area contributed by atoms with Gasteiger partial charge in [-0.2, -0.15) is 0 Å². The number of carbonyl (C=O) groups excluding carboxylic acids is 1. The molecule has 6 nitrogen and oxygen atoms in total. The summed E-state index contributed by atoms with van der Waals surface area (Å²) in [6.07, 6.45) is 2.20. The fourth-order valence-corrected chi connectivity index (χ4v) is 1.43. The molecule has 0 spiro atoms. The van der Waals surface area contributed by atoms with Crippen LogP contribution in [0, 0.1) is 0 Å². The predicted octanol–water partition coefficient (Wildman–Crippen LogP) is -0.288. The molecular weight excluding hydrogens is 196 g/mol. The third kappa shape index (κ3) is 2.76. The van der Waals surface area contributed by atoms with Crippen LogP contribution in [0.2, 0.25) is 0 Å². The van der Waals surface area contributed by atoms with E-state index in [1.54, 1.807) is 4.68 Å². The van der Waals surface area contributed by atoms with Crippen LogP contribution in [0.5, 0.6) is 0 Å². The van der Waals surface area contributed by atoms with Crippen LogP contribution < -0.4 is 5.73 Å². The second kappa shape index (κ2) is 5.45. The Balaban J connectivity index is 2.75. The highest BCUT2D eigenvalue weighted by molar-refractivity contribution is 5.91. The minimum atomic E-state index is -0.541. The molecule has 0 aliphatic heterocycles. The lowest BCUT2D eigenvalue weighted by atomic mass is 10.2. The van der Waals surface area contributed by atoms with Crippen LogP contribution in [-0.4, -0.2) is 32.6 Å². The van der Waals surface area contributed by atoms with Crippen molar-refractivity contribution in [3.8, 4) is 0 Å². The Morgan fingerprint density at radius 2 is 2.27 bits per heavy atom. The minimum Gasteiger partial charge on any atom is -0.396 e. The normalized spacial score (nSPS) is 10.5. The van der Waals surface area contributed by atoms with Crippen molar-refractivity contribution in [1.82, 2.24) is 15.0 Å². The number of rotatable bonds is 6. The number of nitrogens with zero attached hydrogens (tertiary/aromatic N) is 3. The quantitative estimate of drug-likeness (QED) is 0.634. The lowest BCUT2D eigenvalue weighted by Crippen LogP contribution is -2.15. The highest BCUT2D eigenvalue weighted by Gasteiger charge is 2.14. The third-order valence-electron chi connectivity index (χ3n) is 2.18. The highest BCUT2D eigenvalue weighted by atomic mass is 16.2. The fraction of sp³-hybridized carbons (Fsp3) is 0.667. The number of amides is 1. The Hall–Kier alpha value is -1.43. The lowest BCUT2D eigenvalue weighted by molar-refractivity contribution is 0.0994. The molecule has 0 saturated heterocycles. The van der Waals surface area contributed by atoms with Gasteiger partial charge in [0.15, 0.2) is 5.69 Å². The van der Waals surface area contributed by atoms with E-state index < -0.39 is 5.91 Å². The van der Waals surface area contributed by atoms with Crippen LogP contribution in [-0.2, 0) is 13.0 Å². The molecule has 1 heterocycles. The van der Waals surface area contributed by atoms with Gasteiger partial charge in [-0.25, -0.2) is 4.68 Å². The van der Waals surface area contributed by atoms with Crippen LogP contribution in [0.3, 0.4) is 0 Å². The van der Waals surface area contributed by atoms with E-state index in [9.17, 15) is 4.79 Å². The Labute approximate surface area is 88.1 Å². The zero-order valence-electron chi connectivity index (χ0n) is 8.81. The molecule has 0 aliphatic rings. The summed E-state index contributed by atoms with van der Waals surface area (Å²) in [6, 6.07) is 0. The van der Waals surface area contributed by atoms with Gasteiger partial charge in [0.05, 0.1) is 5.69 Å². The largest absolute Gasteiger partial charge is 0.396 e. The molecule has 3 N–H and O–H groups in total. The molecule has 0 saturated carbocycles. The molecule has 1 aromatic rings. The first-order valence-electron chi connectivity index (χ1n) is 5.03. The second-order valence-corrected chi connectivity index (χ2v) is 3.26. The summed E-state index contributed by atoms with van der Waals surface area (Å²) in [5.74, 6) is -0.541. The summed E-state index contributed by atoms with van der Waals surface area (Å²) in [4.78, 5) is 11.0. The molecule has 0 bridgehead atoms. The van der Waals surface area contributed by atoms with Crippen molar-refractivity contribution in [2.45, 2.75) is 32.7 Å². The third-order valence-corrected chi connectivity index (χ3v) is 2.18. The van der Waals surface area contributed by atoms with E-state index in [0.29, 0.717) is 13.0 Å². The van der Waals surface area contributed by atoms with Crippen LogP contribution in [0.1, 0.15) is 35.9 Å². The number of hydrogen-bond acceptors (Lipinski definition) is 4. The average molecular weight is 212 g/mol. The molecule has 84 valence electrons. The smallest absolute Gasteiger partial charge is 0.271 e. The Kier molecular flexibility index (Phi) is 4.23. The number of aliphatic hydroxyl groups is 1. The molecule has 1 rings (SSSR count). The number of aromatic nitrogens is 3. The van der Waals surface area contributed by atoms with E-state index in [-0.39, 0.29) is 12.3 Å². The molecule has 0 unspecified atom stereocenters. The van der Waals surface area contributed by atoms with Crippen molar-refractivity contribution < 1.29 is 9.90 Å². The molecule has 0 aliphatic carbocycles. The number of nitrogens with two attached hydrogens (primary N) is 1. The summed E-state index contributed by atoms with van der Waals surface area (Å²) in [6.45, 7) is 2.75. The molecule has 1 aromatic heterocycles. The van der Waals surface area contributed by atoms with Gasteiger partial charge in [-0.05, 0) is 19.3 Å². The predicted molar refractivity (Wildman–Crippen MR) is 54.2 cm³/mol. The maximum Gasteiger partial charge on any atom is 0.271 e. The van der Waals surface area contributed by atoms with Crippen molar-refractivity contribution in [2.75, 3.05) is 6.61 Å². The van der Waals surface area contributed by atoms with Crippen molar-refractivity contribution in [3.05, 3.63) is 11.4 Å². The van der Waals surface area contributed by atoms with Gasteiger partial charge in [-0.3, -0.25) is 4.79 Å². The molecule has 0 aromatic carbocycles. The second-order valence-electron chi connectivity index (χ2n) is 3.26. The van der Waals surface area contributed by atoms with Gasteiger partial charge in [0, 0.05) is 13.2 Å². The van der Waals surface area contributed by atoms with Crippen molar-refractivity contribution in [1.29, 1.82) is 0 Å². The van der Waals surface area contributed by atoms with E-state index >= 15 is 0 Å². The standard InChI is InChI=1S/C9H16N4O2/c1-2-7-8(9(10)15)11-12-13(7)5-3-4-6-14/h14H,2-6H2,1H3,(H2,10,15). The van der Waals surface area contributed by atoms with Crippen molar-refractivity contribution in [3.63, 3.8) is 0 Å². The highest BCUT2D eigenvalue weighted by Crippen LogP contribution is 2.07. The molecule has 6 heteroatoms. The number of carbonyl (C=O) groups is 1. The zero-order chi connectivity index (χ0) is 11.3. The SMILES string of the molecule is CCc1c(C(N)=O)nnn1CCCCO. The van der Waals surface area contributed by atoms with Gasteiger partial charge in [0.25, 0.3) is 5.91 Å². The topological polar surface area (TPSA) is 94.0 Å². The number of aliphatic hydroxyl groups excluding tert-OH is 1. The van der Waals surface area contributed by atoms with Gasteiger partial charge >= 0.3 is 0 Å². The van der Waals surface area contributed by atoms with Crippen LogP contribution in [0.4, 0.5) is 0 Å². The van der Waals surface area contributed by atoms with Gasteiger partial charge in [-0.15, -0.1) is 5.10 Å². The van der Waals surface area contributed by atoms with Gasteiger partial charge in [0.1, 0.15) is 0 Å². The average Bonchev–Trinajstić information content (AvgIpc) is 2.61. The first kappa shape index (κ1) is 11.6. The van der Waals surface area contributed by atoms with E-state index in [4.69, 9.17) is 10.8 Å². The van der Waals surface area contributed by atoms with E-state index in [2.05, 4.69) is 10.3 Å². The van der Waals surface area contributed by atoms with Crippen LogP contribution >= 0.6 is 0 Å². The summed E-state index contributed by atoms with van der Waals surface area (Å²) in [7, 11) is 0. The molecule has 0 atom stereocenters. The molecule has 1 amide bonds. The maximum absolute atomic E-state index is 11.0. The molecule has 15 heavy (non-hydrogen) atoms. The molecule has 0 radical (unpaired) electrons. The Morgan fingerprint density at radius 3 is 2.80 bits per heavy atom. The Bertz CT molecular complexity index is 335. The van der Waals surface area contributed by atoms with E-state index in [1.165, 1.54) is 0 Å². The van der Waals surface area contributed by atoms with E-state index in [1.807, 2.05) is 6.92 Å². The first-order chi connectivity index (χ1) is 7.20. The zero-order valence-corrected chi connectivity index (χ0v) is 8.81. The summed E-state index contributed by atoms with van der Waals surface area (Å²) >= 11 is 0. The fourth-order valence-electron chi connectivity index (χ4n) is 1.43. The van der Waals surface area contributed by atoms with Crippen molar-refractivity contribution in [2.24, 2.45) is 5.73 Å². The first-order valence-corrected chi connectivity index (χ1v) is 5.03. The number of aryl methyl sites for hydroxylation is 1. The van der Waals surface area contributed by atoms with Gasteiger partial charge in [-0.1, -0.05) is 12.1 Å². The summed E-state index contributed by atoms with van der Waals surface area (Å²) in [5, 5.41) is 16.3. The maximum atomic E-state index is 11.0. The van der Waals surface area contributed by atoms with Crippen LogP contribution in [0.15, 0.2) is 0 Å². The monoisotopic (exact) mass is 212 g/mol. The minimum absolute atomic E-state index is 0.166.